The molecule has 0 saturated carbocycles. The second kappa shape index (κ2) is 7.72. The van der Waals surface area contributed by atoms with Crippen molar-refractivity contribution in [3.63, 3.8) is 0 Å². The van der Waals surface area contributed by atoms with E-state index in [-0.39, 0.29) is 24.4 Å². The number of rotatable bonds is 7. The fourth-order valence-corrected chi connectivity index (χ4v) is 1.45. The molecule has 1 rings (SSSR count). The highest BCUT2D eigenvalue weighted by Gasteiger charge is 2.08. The van der Waals surface area contributed by atoms with Crippen molar-refractivity contribution in [1.29, 1.82) is 5.26 Å². The third-order valence-corrected chi connectivity index (χ3v) is 2.39. The number of ether oxygens (including phenoxy) is 1. The standard InChI is InChI=1S/C14H19FN2O2/c1-10(2)8-19-9-12(18)7-17-14-4-3-11(6-16)5-13(14)15/h3-5,10,12,17-18H,7-9H2,1-2H3. The summed E-state index contributed by atoms with van der Waals surface area (Å²) in [7, 11) is 0. The average Bonchev–Trinajstić information content (AvgIpc) is 2.36. The number of halogens is 1. The molecule has 2 N–H and O–H groups in total. The molecule has 1 atom stereocenters. The molecule has 1 aromatic carbocycles. The van der Waals surface area contributed by atoms with Crippen LogP contribution in [0.3, 0.4) is 0 Å². The molecule has 1 unspecified atom stereocenters. The summed E-state index contributed by atoms with van der Waals surface area (Å²) >= 11 is 0. The van der Waals surface area contributed by atoms with Gasteiger partial charge in [-0.2, -0.15) is 5.26 Å². The zero-order valence-corrected chi connectivity index (χ0v) is 11.2. The minimum Gasteiger partial charge on any atom is -0.389 e. The Labute approximate surface area is 112 Å². The van der Waals surface area contributed by atoms with Crippen molar-refractivity contribution in [2.75, 3.05) is 25.1 Å². The number of aliphatic hydroxyl groups is 1. The molecular formula is C14H19FN2O2. The number of nitrogens with zero attached hydrogens (tertiary/aromatic N) is 1. The number of nitriles is 1. The summed E-state index contributed by atoms with van der Waals surface area (Å²) in [5.41, 5.74) is 0.533. The van der Waals surface area contributed by atoms with Gasteiger partial charge in [0.05, 0.1) is 30.0 Å². The topological polar surface area (TPSA) is 65.3 Å². The molecule has 0 bridgehead atoms. The van der Waals surface area contributed by atoms with Crippen LogP contribution >= 0.6 is 0 Å². The second-order valence-corrected chi connectivity index (χ2v) is 4.77. The molecular weight excluding hydrogens is 247 g/mol. The molecule has 0 aliphatic carbocycles. The molecule has 4 nitrogen and oxygen atoms in total. The molecule has 0 aromatic heterocycles. The van der Waals surface area contributed by atoms with Crippen molar-refractivity contribution in [3.8, 4) is 6.07 Å². The zero-order valence-electron chi connectivity index (χ0n) is 11.2. The Morgan fingerprint density at radius 1 is 1.42 bits per heavy atom. The molecule has 104 valence electrons. The van der Waals surface area contributed by atoms with Crippen molar-refractivity contribution in [2.24, 2.45) is 5.92 Å². The molecule has 0 amide bonds. The van der Waals surface area contributed by atoms with E-state index >= 15 is 0 Å². The van der Waals surface area contributed by atoms with Crippen LogP contribution in [0.4, 0.5) is 10.1 Å². The highest BCUT2D eigenvalue weighted by Crippen LogP contribution is 2.15. The van der Waals surface area contributed by atoms with Gasteiger partial charge < -0.3 is 15.2 Å². The number of nitrogens with one attached hydrogen (secondary N) is 1. The van der Waals surface area contributed by atoms with Crippen LogP contribution in [0.25, 0.3) is 0 Å². The van der Waals surface area contributed by atoms with E-state index in [0.717, 1.165) is 6.07 Å². The Balaban J connectivity index is 2.38. The predicted molar refractivity (Wildman–Crippen MR) is 71.3 cm³/mol. The maximum Gasteiger partial charge on any atom is 0.147 e. The normalized spacial score (nSPS) is 12.2. The van der Waals surface area contributed by atoms with Crippen molar-refractivity contribution < 1.29 is 14.2 Å². The first-order chi connectivity index (χ1) is 9.02. The molecule has 5 heteroatoms. The highest BCUT2D eigenvalue weighted by atomic mass is 19.1. The van der Waals surface area contributed by atoms with E-state index < -0.39 is 11.9 Å². The van der Waals surface area contributed by atoms with Crippen LogP contribution in [-0.2, 0) is 4.74 Å². The van der Waals surface area contributed by atoms with Crippen LogP contribution in [0.2, 0.25) is 0 Å². The summed E-state index contributed by atoms with van der Waals surface area (Å²) in [5, 5.41) is 21.1. The third kappa shape index (κ3) is 5.69. The van der Waals surface area contributed by atoms with E-state index in [9.17, 15) is 9.50 Å². The Kier molecular flexibility index (Phi) is 6.26. The van der Waals surface area contributed by atoms with Crippen LogP contribution in [0, 0.1) is 23.1 Å². The lowest BCUT2D eigenvalue weighted by atomic mass is 10.2. The Morgan fingerprint density at radius 2 is 2.16 bits per heavy atom. The minimum atomic E-state index is -0.700. The molecule has 0 radical (unpaired) electrons. The lowest BCUT2D eigenvalue weighted by molar-refractivity contribution is 0.0317. The van der Waals surface area contributed by atoms with Crippen LogP contribution in [0.1, 0.15) is 19.4 Å². The van der Waals surface area contributed by atoms with Gasteiger partial charge in [-0.1, -0.05) is 13.8 Å². The van der Waals surface area contributed by atoms with Crippen LogP contribution in [-0.4, -0.2) is 31.0 Å². The lowest BCUT2D eigenvalue weighted by Crippen LogP contribution is -2.26. The summed E-state index contributed by atoms with van der Waals surface area (Å²) in [5.74, 6) is -0.0921. The molecule has 0 aliphatic rings. The van der Waals surface area contributed by atoms with Gasteiger partial charge in [-0.25, -0.2) is 4.39 Å². The highest BCUT2D eigenvalue weighted by molar-refractivity contribution is 5.48. The quantitative estimate of drug-likeness (QED) is 0.793. The van der Waals surface area contributed by atoms with E-state index in [4.69, 9.17) is 10.00 Å². The van der Waals surface area contributed by atoms with E-state index in [0.29, 0.717) is 12.5 Å². The van der Waals surface area contributed by atoms with Gasteiger partial charge in [-0.15, -0.1) is 0 Å². The van der Waals surface area contributed by atoms with Gasteiger partial charge in [0.25, 0.3) is 0 Å². The van der Waals surface area contributed by atoms with Crippen LogP contribution < -0.4 is 5.32 Å². The van der Waals surface area contributed by atoms with Gasteiger partial charge in [0.1, 0.15) is 5.82 Å². The number of hydrogen-bond acceptors (Lipinski definition) is 4. The maximum atomic E-state index is 13.5. The third-order valence-electron chi connectivity index (χ3n) is 2.39. The van der Waals surface area contributed by atoms with E-state index in [1.807, 2.05) is 19.9 Å². The van der Waals surface area contributed by atoms with Crippen molar-refractivity contribution in [1.82, 2.24) is 0 Å². The molecule has 0 saturated heterocycles. The first-order valence-corrected chi connectivity index (χ1v) is 6.22. The van der Waals surface area contributed by atoms with Crippen molar-refractivity contribution in [2.45, 2.75) is 20.0 Å². The van der Waals surface area contributed by atoms with Gasteiger partial charge in [-0.3, -0.25) is 0 Å². The Hall–Kier alpha value is -1.64. The van der Waals surface area contributed by atoms with Crippen LogP contribution in [0.5, 0.6) is 0 Å². The first-order valence-electron chi connectivity index (χ1n) is 6.22. The summed E-state index contributed by atoms with van der Waals surface area (Å²) in [6.07, 6.45) is -0.700. The predicted octanol–water partition coefficient (Wildman–Crippen LogP) is 2.14. The number of hydrogen-bond donors (Lipinski definition) is 2. The largest absolute Gasteiger partial charge is 0.389 e. The molecule has 0 spiro atoms. The minimum absolute atomic E-state index is 0.195. The molecule has 0 fully saturated rings. The van der Waals surface area contributed by atoms with E-state index in [1.54, 1.807) is 0 Å². The smallest absolute Gasteiger partial charge is 0.147 e. The fourth-order valence-electron chi connectivity index (χ4n) is 1.45. The van der Waals surface area contributed by atoms with Gasteiger partial charge in [0, 0.05) is 13.2 Å². The van der Waals surface area contributed by atoms with Crippen molar-refractivity contribution in [3.05, 3.63) is 29.6 Å². The molecule has 19 heavy (non-hydrogen) atoms. The number of benzene rings is 1. The molecule has 1 aromatic rings. The Morgan fingerprint density at radius 3 is 2.74 bits per heavy atom. The second-order valence-electron chi connectivity index (χ2n) is 4.77. The van der Waals surface area contributed by atoms with Gasteiger partial charge in [0.2, 0.25) is 0 Å². The zero-order chi connectivity index (χ0) is 14.3. The Bertz CT molecular complexity index is 444. The number of aliphatic hydroxyl groups excluding tert-OH is 1. The van der Waals surface area contributed by atoms with Gasteiger partial charge in [-0.05, 0) is 24.1 Å². The van der Waals surface area contributed by atoms with Crippen LogP contribution in [0.15, 0.2) is 18.2 Å². The fraction of sp³-hybridized carbons (Fsp3) is 0.500. The number of anilines is 1. The summed E-state index contributed by atoms with van der Waals surface area (Å²) < 4.78 is 18.8. The lowest BCUT2D eigenvalue weighted by Gasteiger charge is -2.14. The van der Waals surface area contributed by atoms with E-state index in [2.05, 4.69) is 5.32 Å². The summed E-state index contributed by atoms with van der Waals surface area (Å²) in [6.45, 7) is 5.04. The van der Waals surface area contributed by atoms with Crippen molar-refractivity contribution >= 4 is 5.69 Å². The average molecular weight is 266 g/mol. The van der Waals surface area contributed by atoms with Gasteiger partial charge >= 0.3 is 0 Å². The van der Waals surface area contributed by atoms with E-state index in [1.165, 1.54) is 12.1 Å². The monoisotopic (exact) mass is 266 g/mol. The first kappa shape index (κ1) is 15.4. The molecule has 0 heterocycles. The maximum absolute atomic E-state index is 13.5. The molecule has 0 aliphatic heterocycles. The summed E-state index contributed by atoms with van der Waals surface area (Å²) in [4.78, 5) is 0. The van der Waals surface area contributed by atoms with Gasteiger partial charge in [0.15, 0.2) is 0 Å². The summed E-state index contributed by atoms with van der Waals surface area (Å²) in [6, 6.07) is 6.02. The SMILES string of the molecule is CC(C)COCC(O)CNc1ccc(C#N)cc1F.